The summed E-state index contributed by atoms with van der Waals surface area (Å²) in [6, 6.07) is 4.36. The Bertz CT molecular complexity index is 440. The molecule has 0 spiro atoms. The molecule has 1 saturated heterocycles. The van der Waals surface area contributed by atoms with E-state index in [1.54, 1.807) is 6.07 Å². The van der Waals surface area contributed by atoms with Gasteiger partial charge >= 0.3 is 0 Å². The summed E-state index contributed by atoms with van der Waals surface area (Å²) in [5.74, 6) is -0.290. The van der Waals surface area contributed by atoms with E-state index in [1.165, 1.54) is 12.1 Å². The first-order valence-electron chi connectivity index (χ1n) is 5.39. The van der Waals surface area contributed by atoms with Crippen LogP contribution in [0.5, 0.6) is 5.75 Å². The summed E-state index contributed by atoms with van der Waals surface area (Å²) in [6.45, 7) is 1.27. The molecule has 2 rings (SSSR count). The second-order valence-electron chi connectivity index (χ2n) is 3.71. The van der Waals surface area contributed by atoms with E-state index in [1.807, 2.05) is 0 Å². The molecule has 1 aliphatic heterocycles. The third-order valence-electron chi connectivity index (χ3n) is 2.56. The second-order valence-corrected chi connectivity index (χ2v) is 3.71. The van der Waals surface area contributed by atoms with Gasteiger partial charge in [-0.15, -0.1) is 0 Å². The summed E-state index contributed by atoms with van der Waals surface area (Å²) >= 11 is 0. The van der Waals surface area contributed by atoms with Crippen LogP contribution in [0.4, 0.5) is 10.1 Å². The highest BCUT2D eigenvalue weighted by Crippen LogP contribution is 2.32. The maximum atomic E-state index is 13.4. The SMILES string of the molecule is [N-]=[N+]=Nc1c(F)cccc1OC1CCOCC1. The van der Waals surface area contributed by atoms with Gasteiger partial charge < -0.3 is 9.47 Å². The average Bonchev–Trinajstić information content (AvgIpc) is 2.35. The molecule has 0 amide bonds. The first-order valence-corrected chi connectivity index (χ1v) is 5.39. The minimum Gasteiger partial charge on any atom is -0.490 e. The van der Waals surface area contributed by atoms with Crippen molar-refractivity contribution >= 4 is 5.69 Å². The molecule has 0 unspecified atom stereocenters. The molecule has 0 atom stereocenters. The Labute approximate surface area is 97.8 Å². The Morgan fingerprint density at radius 2 is 2.18 bits per heavy atom. The molecule has 1 heterocycles. The summed E-state index contributed by atoms with van der Waals surface area (Å²) in [6.07, 6.45) is 1.50. The Morgan fingerprint density at radius 3 is 2.88 bits per heavy atom. The predicted octanol–water partition coefficient (Wildman–Crippen LogP) is 3.33. The molecule has 1 aromatic rings. The lowest BCUT2D eigenvalue weighted by atomic mass is 10.1. The maximum absolute atomic E-state index is 13.4. The first-order chi connectivity index (χ1) is 8.31. The summed E-state index contributed by atoms with van der Waals surface area (Å²) in [4.78, 5) is 2.60. The molecule has 1 aromatic carbocycles. The fourth-order valence-corrected chi connectivity index (χ4v) is 1.71. The molecule has 0 bridgehead atoms. The van der Waals surface area contributed by atoms with Gasteiger partial charge in [0.05, 0.1) is 13.2 Å². The van der Waals surface area contributed by atoms with Crippen LogP contribution in [0.1, 0.15) is 12.8 Å². The van der Waals surface area contributed by atoms with Crippen molar-refractivity contribution in [2.24, 2.45) is 5.11 Å². The van der Waals surface area contributed by atoms with Crippen LogP contribution in [-0.4, -0.2) is 19.3 Å². The summed E-state index contributed by atoms with van der Waals surface area (Å²) in [7, 11) is 0. The number of nitrogens with zero attached hydrogens (tertiary/aromatic N) is 3. The van der Waals surface area contributed by atoms with Crippen molar-refractivity contribution in [2.45, 2.75) is 18.9 Å². The van der Waals surface area contributed by atoms with E-state index >= 15 is 0 Å². The van der Waals surface area contributed by atoms with Crippen molar-refractivity contribution in [1.82, 2.24) is 0 Å². The smallest absolute Gasteiger partial charge is 0.136 e. The van der Waals surface area contributed by atoms with Gasteiger partial charge in [0.25, 0.3) is 0 Å². The molecule has 0 radical (unpaired) electrons. The molecule has 0 N–H and O–H groups in total. The maximum Gasteiger partial charge on any atom is 0.136 e. The third-order valence-corrected chi connectivity index (χ3v) is 2.56. The van der Waals surface area contributed by atoms with Gasteiger partial charge in [-0.05, 0) is 17.7 Å². The van der Waals surface area contributed by atoms with E-state index in [9.17, 15) is 4.39 Å². The summed E-state index contributed by atoms with van der Waals surface area (Å²) in [5.41, 5.74) is 8.31. The van der Waals surface area contributed by atoms with Crippen molar-refractivity contribution in [1.29, 1.82) is 0 Å². The van der Waals surface area contributed by atoms with Gasteiger partial charge in [-0.25, -0.2) is 4.39 Å². The zero-order chi connectivity index (χ0) is 12.1. The largest absolute Gasteiger partial charge is 0.490 e. The molecular weight excluding hydrogens is 225 g/mol. The number of azide groups is 1. The lowest BCUT2D eigenvalue weighted by Crippen LogP contribution is -2.25. The van der Waals surface area contributed by atoms with Crippen molar-refractivity contribution in [2.75, 3.05) is 13.2 Å². The number of hydrogen-bond acceptors (Lipinski definition) is 3. The number of hydrogen-bond donors (Lipinski definition) is 0. The third kappa shape index (κ3) is 2.87. The van der Waals surface area contributed by atoms with Crippen LogP contribution in [0.3, 0.4) is 0 Å². The van der Waals surface area contributed by atoms with Crippen molar-refractivity contribution in [3.05, 3.63) is 34.5 Å². The van der Waals surface area contributed by atoms with Crippen LogP contribution in [0.15, 0.2) is 23.3 Å². The number of benzene rings is 1. The van der Waals surface area contributed by atoms with E-state index in [4.69, 9.17) is 15.0 Å². The Hall–Kier alpha value is -1.78. The minimum atomic E-state index is -0.577. The number of halogens is 1. The lowest BCUT2D eigenvalue weighted by molar-refractivity contribution is 0.0257. The van der Waals surface area contributed by atoms with Gasteiger partial charge in [-0.2, -0.15) is 0 Å². The quantitative estimate of drug-likeness (QED) is 0.459. The molecule has 1 aliphatic rings. The fraction of sp³-hybridized carbons (Fsp3) is 0.455. The fourth-order valence-electron chi connectivity index (χ4n) is 1.71. The molecule has 90 valence electrons. The van der Waals surface area contributed by atoms with Crippen LogP contribution < -0.4 is 4.74 Å². The van der Waals surface area contributed by atoms with Crippen molar-refractivity contribution in [3.8, 4) is 5.75 Å². The van der Waals surface area contributed by atoms with Crippen molar-refractivity contribution < 1.29 is 13.9 Å². The predicted molar refractivity (Wildman–Crippen MR) is 59.7 cm³/mol. The summed E-state index contributed by atoms with van der Waals surface area (Å²) < 4.78 is 24.3. The molecular formula is C11H12FN3O2. The lowest BCUT2D eigenvalue weighted by Gasteiger charge is -2.24. The van der Waals surface area contributed by atoms with E-state index in [2.05, 4.69) is 10.0 Å². The van der Waals surface area contributed by atoms with Gasteiger partial charge in [-0.1, -0.05) is 11.2 Å². The Kier molecular flexibility index (Phi) is 3.80. The molecule has 5 nitrogen and oxygen atoms in total. The van der Waals surface area contributed by atoms with Crippen LogP contribution in [-0.2, 0) is 4.74 Å². The molecule has 1 fully saturated rings. The van der Waals surface area contributed by atoms with Crippen LogP contribution in [0, 0.1) is 5.82 Å². The van der Waals surface area contributed by atoms with E-state index in [0.717, 1.165) is 12.8 Å². The monoisotopic (exact) mass is 237 g/mol. The van der Waals surface area contributed by atoms with E-state index < -0.39 is 5.82 Å². The Morgan fingerprint density at radius 1 is 1.41 bits per heavy atom. The standard InChI is InChI=1S/C11H12FN3O2/c12-9-2-1-3-10(11(9)14-15-13)17-8-4-6-16-7-5-8/h1-3,8H,4-7H2. The van der Waals surface area contributed by atoms with Gasteiger partial charge in [0.2, 0.25) is 0 Å². The second kappa shape index (κ2) is 5.52. The van der Waals surface area contributed by atoms with Crippen LogP contribution in [0.25, 0.3) is 10.4 Å². The van der Waals surface area contributed by atoms with Crippen molar-refractivity contribution in [3.63, 3.8) is 0 Å². The van der Waals surface area contributed by atoms with E-state index in [-0.39, 0.29) is 17.5 Å². The number of ether oxygens (including phenoxy) is 2. The highest BCUT2D eigenvalue weighted by Gasteiger charge is 2.17. The molecule has 17 heavy (non-hydrogen) atoms. The normalized spacial score (nSPS) is 16.3. The zero-order valence-corrected chi connectivity index (χ0v) is 9.17. The Balaban J connectivity index is 2.19. The van der Waals surface area contributed by atoms with Gasteiger partial charge in [-0.3, -0.25) is 0 Å². The topological polar surface area (TPSA) is 67.2 Å². The zero-order valence-electron chi connectivity index (χ0n) is 9.17. The molecule has 0 saturated carbocycles. The molecule has 6 heteroatoms. The first kappa shape index (κ1) is 11.7. The van der Waals surface area contributed by atoms with Crippen LogP contribution in [0.2, 0.25) is 0 Å². The summed E-state index contributed by atoms with van der Waals surface area (Å²) in [5, 5.41) is 3.32. The van der Waals surface area contributed by atoms with E-state index in [0.29, 0.717) is 13.2 Å². The molecule has 0 aromatic heterocycles. The highest BCUT2D eigenvalue weighted by molar-refractivity contribution is 5.52. The average molecular weight is 237 g/mol. The van der Waals surface area contributed by atoms with Crippen LogP contribution >= 0.6 is 0 Å². The van der Waals surface area contributed by atoms with Gasteiger partial charge in [0, 0.05) is 17.8 Å². The number of rotatable bonds is 3. The van der Waals surface area contributed by atoms with Gasteiger partial charge in [0.15, 0.2) is 0 Å². The van der Waals surface area contributed by atoms with Gasteiger partial charge in [0.1, 0.15) is 23.4 Å². The highest BCUT2D eigenvalue weighted by atomic mass is 19.1. The minimum absolute atomic E-state index is 0.0156. The molecule has 0 aliphatic carbocycles.